The van der Waals surface area contributed by atoms with E-state index in [1.165, 1.54) is 22.5 Å². The van der Waals surface area contributed by atoms with Crippen molar-refractivity contribution in [3.05, 3.63) is 65.7 Å². The fourth-order valence-electron chi connectivity index (χ4n) is 2.95. The number of thiocarbonyl (C=S) groups is 1. The predicted molar refractivity (Wildman–Crippen MR) is 119 cm³/mol. The molecule has 0 spiro atoms. The molecule has 1 heterocycles. The number of hydrogen-bond acceptors (Lipinski definition) is 4. The predicted octanol–water partition coefficient (Wildman–Crippen LogP) is 3.31. The van der Waals surface area contributed by atoms with Gasteiger partial charge in [0.25, 0.3) is 0 Å². The summed E-state index contributed by atoms with van der Waals surface area (Å²) in [5.41, 5.74) is 2.66. The Hall–Kier alpha value is -2.55. The first-order chi connectivity index (χ1) is 13.8. The highest BCUT2D eigenvalue weighted by molar-refractivity contribution is 7.89. The average Bonchev–Trinajstić information content (AvgIpc) is 3.23. The molecule has 6 nitrogen and oxygen atoms in total. The van der Waals surface area contributed by atoms with Crippen LogP contribution >= 0.6 is 12.2 Å². The summed E-state index contributed by atoms with van der Waals surface area (Å²) in [7, 11) is -3.45. The number of nitrogens with zero attached hydrogens (tertiary/aromatic N) is 1. The maximum Gasteiger partial charge on any atom is 0.250 e. The smallest absolute Gasteiger partial charge is 0.250 e. The summed E-state index contributed by atoms with van der Waals surface area (Å²) >= 11 is 5.15. The van der Waals surface area contributed by atoms with E-state index in [2.05, 4.69) is 10.6 Å². The summed E-state index contributed by atoms with van der Waals surface area (Å²) in [4.78, 5) is 12.3. The molecule has 2 aromatic carbocycles. The lowest BCUT2D eigenvalue weighted by molar-refractivity contribution is -0.115. The first-order valence-corrected chi connectivity index (χ1v) is 11.2. The summed E-state index contributed by atoms with van der Waals surface area (Å²) in [5, 5.41) is 5.59. The highest BCUT2D eigenvalue weighted by Crippen LogP contribution is 2.22. The number of hydrogen-bond donors (Lipinski definition) is 2. The van der Waals surface area contributed by atoms with Crippen LogP contribution in [0.2, 0.25) is 0 Å². The molecule has 152 valence electrons. The van der Waals surface area contributed by atoms with E-state index in [0.717, 1.165) is 24.0 Å². The van der Waals surface area contributed by atoms with E-state index in [9.17, 15) is 13.2 Å². The van der Waals surface area contributed by atoms with Gasteiger partial charge in [-0.1, -0.05) is 29.8 Å². The van der Waals surface area contributed by atoms with E-state index < -0.39 is 10.0 Å². The molecule has 2 aromatic rings. The van der Waals surface area contributed by atoms with Gasteiger partial charge >= 0.3 is 0 Å². The van der Waals surface area contributed by atoms with Gasteiger partial charge in [-0.15, -0.1) is 0 Å². The molecular weight excluding hydrogens is 406 g/mol. The van der Waals surface area contributed by atoms with E-state index >= 15 is 0 Å². The largest absolute Gasteiger partial charge is 0.332 e. The van der Waals surface area contributed by atoms with Gasteiger partial charge in [0.15, 0.2) is 5.11 Å². The van der Waals surface area contributed by atoms with Crippen molar-refractivity contribution in [2.45, 2.75) is 24.7 Å². The van der Waals surface area contributed by atoms with E-state index in [1.807, 2.05) is 31.2 Å². The molecule has 0 aromatic heterocycles. The topological polar surface area (TPSA) is 78.5 Å². The number of anilines is 1. The van der Waals surface area contributed by atoms with Crippen molar-refractivity contribution in [2.75, 3.05) is 18.4 Å². The maximum absolute atomic E-state index is 12.5. The van der Waals surface area contributed by atoms with E-state index in [0.29, 0.717) is 18.8 Å². The van der Waals surface area contributed by atoms with Gasteiger partial charge in [-0.2, -0.15) is 4.31 Å². The minimum absolute atomic E-state index is 0.138. The molecule has 0 bridgehead atoms. The van der Waals surface area contributed by atoms with Crippen LogP contribution in [0.5, 0.6) is 0 Å². The molecule has 1 amide bonds. The zero-order valence-corrected chi connectivity index (χ0v) is 17.7. The molecule has 1 aliphatic rings. The Balaban J connectivity index is 1.55. The van der Waals surface area contributed by atoms with E-state index in [1.54, 1.807) is 18.2 Å². The zero-order chi connectivity index (χ0) is 20.9. The molecule has 8 heteroatoms. The number of carbonyl (C=O) groups is 1. The minimum Gasteiger partial charge on any atom is -0.332 e. The third-order valence-electron chi connectivity index (χ3n) is 4.56. The quantitative estimate of drug-likeness (QED) is 0.563. The summed E-state index contributed by atoms with van der Waals surface area (Å²) < 4.78 is 26.6. The third kappa shape index (κ3) is 5.72. The Kier molecular flexibility index (Phi) is 6.79. The van der Waals surface area contributed by atoms with Crippen LogP contribution in [-0.2, 0) is 14.8 Å². The Morgan fingerprint density at radius 2 is 1.66 bits per heavy atom. The van der Waals surface area contributed by atoms with Gasteiger partial charge in [-0.3, -0.25) is 10.1 Å². The van der Waals surface area contributed by atoms with Crippen LogP contribution in [0.15, 0.2) is 59.5 Å². The first-order valence-electron chi connectivity index (χ1n) is 9.31. The van der Waals surface area contributed by atoms with Crippen molar-refractivity contribution in [1.82, 2.24) is 9.62 Å². The molecule has 0 unspecified atom stereocenters. The Morgan fingerprint density at radius 3 is 2.28 bits per heavy atom. The summed E-state index contributed by atoms with van der Waals surface area (Å²) in [6.45, 7) is 3.13. The molecule has 0 saturated carbocycles. The Morgan fingerprint density at radius 1 is 1.03 bits per heavy atom. The lowest BCUT2D eigenvalue weighted by Crippen LogP contribution is -2.32. The monoisotopic (exact) mass is 429 g/mol. The Bertz CT molecular complexity index is 1010. The van der Waals surface area contributed by atoms with Crippen molar-refractivity contribution >= 4 is 45.0 Å². The number of aryl methyl sites for hydroxylation is 1. The fourth-order valence-corrected chi connectivity index (χ4v) is 4.69. The SMILES string of the molecule is Cc1ccc(C=CC(=O)NC(=S)Nc2ccc(S(=O)(=O)N3CCCC3)cc2)cc1. The molecule has 0 aliphatic carbocycles. The lowest BCUT2D eigenvalue weighted by atomic mass is 10.1. The molecule has 3 rings (SSSR count). The van der Waals surface area contributed by atoms with Crippen LogP contribution in [0, 0.1) is 6.92 Å². The van der Waals surface area contributed by atoms with Gasteiger partial charge in [0.2, 0.25) is 15.9 Å². The molecule has 0 atom stereocenters. The minimum atomic E-state index is -3.45. The Labute approximate surface area is 176 Å². The van der Waals surface area contributed by atoms with Crippen molar-refractivity contribution < 1.29 is 13.2 Å². The number of benzene rings is 2. The van der Waals surface area contributed by atoms with Crippen molar-refractivity contribution in [2.24, 2.45) is 0 Å². The van der Waals surface area contributed by atoms with Crippen molar-refractivity contribution in [3.63, 3.8) is 0 Å². The fraction of sp³-hybridized carbons (Fsp3) is 0.238. The van der Waals surface area contributed by atoms with Gasteiger partial charge in [0, 0.05) is 24.9 Å². The standard InChI is InChI=1S/C21H23N3O3S2/c1-16-4-6-17(7-5-16)8-13-20(25)23-21(28)22-18-9-11-19(12-10-18)29(26,27)24-14-2-3-15-24/h4-13H,2-3,14-15H2,1H3,(H2,22,23,25,28). The molecular formula is C21H23N3O3S2. The molecule has 0 radical (unpaired) electrons. The number of sulfonamides is 1. The van der Waals surface area contributed by atoms with Crippen molar-refractivity contribution in [3.8, 4) is 0 Å². The number of nitrogens with one attached hydrogen (secondary N) is 2. The molecule has 1 fully saturated rings. The van der Waals surface area contributed by atoms with Crippen LogP contribution in [0.1, 0.15) is 24.0 Å². The lowest BCUT2D eigenvalue weighted by Gasteiger charge is -2.16. The molecule has 1 saturated heterocycles. The first kappa shape index (κ1) is 21.2. The maximum atomic E-state index is 12.5. The van der Waals surface area contributed by atoms with Crippen LogP contribution in [-0.4, -0.2) is 36.8 Å². The van der Waals surface area contributed by atoms with Gasteiger partial charge in [0.1, 0.15) is 0 Å². The van der Waals surface area contributed by atoms with Crippen LogP contribution in [0.4, 0.5) is 5.69 Å². The summed E-state index contributed by atoms with van der Waals surface area (Å²) in [5.74, 6) is -0.351. The molecule has 29 heavy (non-hydrogen) atoms. The van der Waals surface area contributed by atoms with Gasteiger partial charge in [-0.25, -0.2) is 8.42 Å². The normalized spacial score (nSPS) is 14.8. The highest BCUT2D eigenvalue weighted by atomic mass is 32.2. The van der Waals surface area contributed by atoms with Gasteiger partial charge in [-0.05, 0) is 67.9 Å². The summed E-state index contributed by atoms with van der Waals surface area (Å²) in [6, 6.07) is 14.1. The molecule has 1 aliphatic heterocycles. The number of rotatable bonds is 5. The second kappa shape index (κ2) is 9.30. The zero-order valence-electron chi connectivity index (χ0n) is 16.1. The van der Waals surface area contributed by atoms with Crippen LogP contribution in [0.3, 0.4) is 0 Å². The van der Waals surface area contributed by atoms with Crippen LogP contribution < -0.4 is 10.6 Å². The van der Waals surface area contributed by atoms with E-state index in [4.69, 9.17) is 12.2 Å². The van der Waals surface area contributed by atoms with Gasteiger partial charge < -0.3 is 5.32 Å². The highest BCUT2D eigenvalue weighted by Gasteiger charge is 2.26. The van der Waals surface area contributed by atoms with Crippen molar-refractivity contribution in [1.29, 1.82) is 0 Å². The third-order valence-corrected chi connectivity index (χ3v) is 6.67. The molecule has 2 N–H and O–H groups in total. The second-order valence-electron chi connectivity index (χ2n) is 6.82. The van der Waals surface area contributed by atoms with Crippen LogP contribution in [0.25, 0.3) is 6.08 Å². The number of carbonyl (C=O) groups excluding carboxylic acids is 1. The van der Waals surface area contributed by atoms with Gasteiger partial charge in [0.05, 0.1) is 4.90 Å². The number of amides is 1. The average molecular weight is 430 g/mol. The summed E-state index contributed by atoms with van der Waals surface area (Å²) in [6.07, 6.45) is 4.90. The van der Waals surface area contributed by atoms with E-state index in [-0.39, 0.29) is 15.9 Å². The second-order valence-corrected chi connectivity index (χ2v) is 9.17.